The normalized spacial score (nSPS) is 10.6. The minimum Gasteiger partial charge on any atom is -0.437 e. The van der Waals surface area contributed by atoms with Crippen LogP contribution in [0, 0.1) is 0 Å². The fourth-order valence-electron chi connectivity index (χ4n) is 1.68. The van der Waals surface area contributed by atoms with Gasteiger partial charge in [-0.2, -0.15) is 0 Å². The van der Waals surface area contributed by atoms with E-state index in [1.54, 1.807) is 6.07 Å². The molecule has 0 spiro atoms. The molecule has 1 N–H and O–H groups in total. The van der Waals surface area contributed by atoms with Crippen molar-refractivity contribution in [2.75, 3.05) is 6.54 Å². The molecule has 0 saturated heterocycles. The van der Waals surface area contributed by atoms with Gasteiger partial charge in [0.15, 0.2) is 0 Å². The number of pyridine rings is 1. The van der Waals surface area contributed by atoms with Gasteiger partial charge in [0.05, 0.1) is 10.7 Å². The first-order valence-corrected chi connectivity index (χ1v) is 7.65. The molecule has 0 atom stereocenters. The first-order valence-electron chi connectivity index (χ1n) is 6.48. The van der Waals surface area contributed by atoms with E-state index < -0.39 is 0 Å². The van der Waals surface area contributed by atoms with E-state index in [2.05, 4.69) is 33.2 Å². The molecule has 5 heteroatoms. The fraction of sp³-hybridized carbons (Fsp3) is 0.267. The Balaban J connectivity index is 2.07. The van der Waals surface area contributed by atoms with E-state index in [0.717, 1.165) is 29.7 Å². The van der Waals surface area contributed by atoms with Gasteiger partial charge in [-0.25, -0.2) is 4.98 Å². The van der Waals surface area contributed by atoms with E-state index in [-0.39, 0.29) is 0 Å². The third-order valence-electron chi connectivity index (χ3n) is 2.62. The van der Waals surface area contributed by atoms with Gasteiger partial charge >= 0.3 is 0 Å². The number of rotatable bonds is 6. The van der Waals surface area contributed by atoms with Gasteiger partial charge in [0, 0.05) is 17.1 Å². The minimum atomic E-state index is 0.546. The molecule has 0 aliphatic carbocycles. The van der Waals surface area contributed by atoms with Gasteiger partial charge in [-0.1, -0.05) is 40.5 Å². The number of halogens is 2. The number of hydrogen-bond donors (Lipinski definition) is 1. The third kappa shape index (κ3) is 4.47. The van der Waals surface area contributed by atoms with Gasteiger partial charge in [-0.15, -0.1) is 0 Å². The average molecular weight is 356 g/mol. The molecule has 2 aromatic rings. The van der Waals surface area contributed by atoms with Crippen LogP contribution >= 0.6 is 27.5 Å². The number of nitrogens with one attached hydrogen (secondary N) is 1. The van der Waals surface area contributed by atoms with Crippen LogP contribution in [0.2, 0.25) is 5.02 Å². The van der Waals surface area contributed by atoms with E-state index in [0.29, 0.717) is 16.7 Å². The lowest BCUT2D eigenvalue weighted by atomic mass is 10.3. The predicted octanol–water partition coefficient (Wildman–Crippen LogP) is 4.79. The SMILES string of the molecule is CCCNCc1cccc(Oc2ccc(Br)cc2Cl)n1. The number of nitrogens with zero attached hydrogens (tertiary/aromatic N) is 1. The number of ether oxygens (including phenoxy) is 1. The smallest absolute Gasteiger partial charge is 0.219 e. The molecule has 106 valence electrons. The molecular weight excluding hydrogens is 340 g/mol. The Morgan fingerprint density at radius 3 is 2.90 bits per heavy atom. The largest absolute Gasteiger partial charge is 0.437 e. The highest BCUT2D eigenvalue weighted by molar-refractivity contribution is 9.10. The second-order valence-corrected chi connectivity index (χ2v) is 5.64. The number of hydrogen-bond acceptors (Lipinski definition) is 3. The van der Waals surface area contributed by atoms with E-state index in [1.807, 2.05) is 30.3 Å². The summed E-state index contributed by atoms with van der Waals surface area (Å²) in [5.74, 6) is 1.14. The highest BCUT2D eigenvalue weighted by atomic mass is 79.9. The van der Waals surface area contributed by atoms with E-state index in [9.17, 15) is 0 Å². The Morgan fingerprint density at radius 1 is 1.30 bits per heavy atom. The molecule has 3 nitrogen and oxygen atoms in total. The van der Waals surface area contributed by atoms with Gasteiger partial charge in [-0.05, 0) is 37.2 Å². The molecule has 0 saturated carbocycles. The highest BCUT2D eigenvalue weighted by Gasteiger charge is 2.05. The van der Waals surface area contributed by atoms with Crippen LogP contribution in [0.5, 0.6) is 11.6 Å². The Hall–Kier alpha value is -1.10. The summed E-state index contributed by atoms with van der Waals surface area (Å²) in [6.45, 7) is 3.85. The van der Waals surface area contributed by atoms with Gasteiger partial charge in [0.2, 0.25) is 5.88 Å². The van der Waals surface area contributed by atoms with Crippen LogP contribution in [-0.4, -0.2) is 11.5 Å². The highest BCUT2D eigenvalue weighted by Crippen LogP contribution is 2.30. The summed E-state index contributed by atoms with van der Waals surface area (Å²) in [6.07, 6.45) is 1.10. The van der Waals surface area contributed by atoms with Crippen molar-refractivity contribution in [3.63, 3.8) is 0 Å². The topological polar surface area (TPSA) is 34.1 Å². The molecule has 1 heterocycles. The van der Waals surface area contributed by atoms with Crippen LogP contribution in [0.25, 0.3) is 0 Å². The van der Waals surface area contributed by atoms with Gasteiger partial charge < -0.3 is 10.1 Å². The zero-order chi connectivity index (χ0) is 14.4. The van der Waals surface area contributed by atoms with Crippen LogP contribution in [0.3, 0.4) is 0 Å². The van der Waals surface area contributed by atoms with E-state index in [4.69, 9.17) is 16.3 Å². The van der Waals surface area contributed by atoms with Crippen LogP contribution in [0.4, 0.5) is 0 Å². The monoisotopic (exact) mass is 354 g/mol. The zero-order valence-corrected chi connectivity index (χ0v) is 13.5. The molecule has 0 radical (unpaired) electrons. The molecule has 0 aliphatic heterocycles. The molecule has 0 bridgehead atoms. The summed E-state index contributed by atoms with van der Waals surface area (Å²) in [5, 5.41) is 3.86. The summed E-state index contributed by atoms with van der Waals surface area (Å²) in [6, 6.07) is 11.2. The van der Waals surface area contributed by atoms with Crippen molar-refractivity contribution in [1.29, 1.82) is 0 Å². The summed E-state index contributed by atoms with van der Waals surface area (Å²) >= 11 is 9.49. The standard InChI is InChI=1S/C15H16BrClN2O/c1-2-8-18-10-12-4-3-5-15(19-12)20-14-7-6-11(16)9-13(14)17/h3-7,9,18H,2,8,10H2,1H3. The van der Waals surface area contributed by atoms with Crippen LogP contribution in [0.15, 0.2) is 40.9 Å². The molecule has 2 rings (SSSR count). The maximum absolute atomic E-state index is 6.13. The van der Waals surface area contributed by atoms with Gasteiger partial charge in [0.1, 0.15) is 5.75 Å². The predicted molar refractivity (Wildman–Crippen MR) is 85.5 cm³/mol. The summed E-state index contributed by atoms with van der Waals surface area (Å²) in [5.41, 5.74) is 0.948. The lowest BCUT2D eigenvalue weighted by Gasteiger charge is -2.08. The van der Waals surface area contributed by atoms with Crippen molar-refractivity contribution in [1.82, 2.24) is 10.3 Å². The molecule has 0 amide bonds. The molecule has 1 aromatic carbocycles. The second kappa shape index (κ2) is 7.62. The summed E-state index contributed by atoms with van der Waals surface area (Å²) in [7, 11) is 0. The van der Waals surface area contributed by atoms with E-state index in [1.165, 1.54) is 0 Å². The molecule has 20 heavy (non-hydrogen) atoms. The van der Waals surface area contributed by atoms with Crippen molar-refractivity contribution in [2.45, 2.75) is 19.9 Å². The second-order valence-electron chi connectivity index (χ2n) is 4.32. The van der Waals surface area contributed by atoms with Gasteiger partial charge in [-0.3, -0.25) is 0 Å². The van der Waals surface area contributed by atoms with Crippen molar-refractivity contribution >= 4 is 27.5 Å². The fourth-order valence-corrected chi connectivity index (χ4v) is 2.39. The number of benzene rings is 1. The Kier molecular flexibility index (Phi) is 5.83. The molecular formula is C15H16BrClN2O. The molecule has 0 unspecified atom stereocenters. The first-order chi connectivity index (χ1) is 9.69. The maximum Gasteiger partial charge on any atom is 0.219 e. The van der Waals surface area contributed by atoms with Gasteiger partial charge in [0.25, 0.3) is 0 Å². The summed E-state index contributed by atoms with van der Waals surface area (Å²) in [4.78, 5) is 4.45. The van der Waals surface area contributed by atoms with Crippen molar-refractivity contribution in [3.05, 3.63) is 51.6 Å². The van der Waals surface area contributed by atoms with E-state index >= 15 is 0 Å². The average Bonchev–Trinajstić information content (AvgIpc) is 2.43. The third-order valence-corrected chi connectivity index (χ3v) is 3.41. The molecule has 1 aromatic heterocycles. The van der Waals surface area contributed by atoms with Crippen LogP contribution < -0.4 is 10.1 Å². The zero-order valence-electron chi connectivity index (χ0n) is 11.2. The van der Waals surface area contributed by atoms with Crippen LogP contribution in [0.1, 0.15) is 19.0 Å². The molecule has 0 aliphatic rings. The van der Waals surface area contributed by atoms with Crippen molar-refractivity contribution < 1.29 is 4.74 Å². The molecule has 0 fully saturated rings. The van der Waals surface area contributed by atoms with Crippen molar-refractivity contribution in [2.24, 2.45) is 0 Å². The lowest BCUT2D eigenvalue weighted by molar-refractivity contribution is 0.459. The number of aromatic nitrogens is 1. The minimum absolute atomic E-state index is 0.546. The van der Waals surface area contributed by atoms with Crippen LogP contribution in [-0.2, 0) is 6.54 Å². The van der Waals surface area contributed by atoms with Crippen molar-refractivity contribution in [3.8, 4) is 11.6 Å². The maximum atomic E-state index is 6.13. The quantitative estimate of drug-likeness (QED) is 0.757. The lowest BCUT2D eigenvalue weighted by Crippen LogP contribution is -2.14. The Labute approximate surface area is 132 Å². The Morgan fingerprint density at radius 2 is 2.15 bits per heavy atom. The first kappa shape index (κ1) is 15.3. The summed E-state index contributed by atoms with van der Waals surface area (Å²) < 4.78 is 6.64. The Bertz CT molecular complexity index is 578.